The molecule has 0 aliphatic heterocycles. The number of hydrogen-bond acceptors (Lipinski definition) is 4. The Morgan fingerprint density at radius 2 is 1.94 bits per heavy atom. The van der Waals surface area contributed by atoms with E-state index in [0.717, 1.165) is 5.56 Å². The first-order chi connectivity index (χ1) is 8.12. The van der Waals surface area contributed by atoms with Crippen molar-refractivity contribution < 1.29 is 19.4 Å². The van der Waals surface area contributed by atoms with Crippen LogP contribution in [-0.4, -0.2) is 31.8 Å². The number of carbonyl (C=O) groups is 1. The molecule has 1 aromatic carbocycles. The topological polar surface area (TPSA) is 81.8 Å². The second-order valence-electron chi connectivity index (χ2n) is 3.66. The molecule has 0 spiro atoms. The van der Waals surface area contributed by atoms with Crippen molar-refractivity contribution in [3.8, 4) is 11.5 Å². The lowest BCUT2D eigenvalue weighted by atomic mass is 9.99. The Bertz CT molecular complexity index is 398. The van der Waals surface area contributed by atoms with Crippen molar-refractivity contribution in [2.45, 2.75) is 6.42 Å². The van der Waals surface area contributed by atoms with Gasteiger partial charge in [0.05, 0.1) is 20.1 Å². The minimum atomic E-state index is -0.887. The second kappa shape index (κ2) is 7.79. The Labute approximate surface area is 112 Å². The number of ether oxygens (including phenoxy) is 2. The van der Waals surface area contributed by atoms with Crippen LogP contribution in [-0.2, 0) is 11.2 Å². The van der Waals surface area contributed by atoms with E-state index in [1.807, 2.05) is 6.07 Å². The molecule has 0 radical (unpaired) electrons. The summed E-state index contributed by atoms with van der Waals surface area (Å²) in [5, 5.41) is 8.93. The van der Waals surface area contributed by atoms with Crippen LogP contribution in [0.15, 0.2) is 18.2 Å². The first kappa shape index (κ1) is 16.5. The van der Waals surface area contributed by atoms with E-state index in [1.54, 1.807) is 26.4 Å². The van der Waals surface area contributed by atoms with Gasteiger partial charge in [-0.05, 0) is 24.1 Å². The van der Waals surface area contributed by atoms with Gasteiger partial charge in [0, 0.05) is 6.54 Å². The molecule has 102 valence electrons. The average molecular weight is 276 g/mol. The lowest BCUT2D eigenvalue weighted by molar-refractivity contribution is -0.141. The quantitative estimate of drug-likeness (QED) is 0.818. The van der Waals surface area contributed by atoms with Gasteiger partial charge in [0.15, 0.2) is 11.5 Å². The number of carboxylic acid groups (broad SMARTS) is 1. The van der Waals surface area contributed by atoms with Gasteiger partial charge < -0.3 is 20.3 Å². The van der Waals surface area contributed by atoms with E-state index < -0.39 is 11.9 Å². The first-order valence-corrected chi connectivity index (χ1v) is 5.26. The van der Waals surface area contributed by atoms with Crippen LogP contribution in [0.5, 0.6) is 11.5 Å². The molecule has 0 amide bonds. The van der Waals surface area contributed by atoms with Gasteiger partial charge in [-0.3, -0.25) is 4.79 Å². The van der Waals surface area contributed by atoms with E-state index in [1.165, 1.54) is 0 Å². The minimum Gasteiger partial charge on any atom is -0.493 e. The number of nitrogens with two attached hydrogens (primary N) is 1. The van der Waals surface area contributed by atoms with Crippen molar-refractivity contribution in [1.29, 1.82) is 0 Å². The molecule has 5 nitrogen and oxygen atoms in total. The fraction of sp³-hybridized carbons (Fsp3) is 0.417. The molecule has 1 atom stereocenters. The molecule has 1 rings (SSSR count). The SMILES string of the molecule is COc1ccc(C[C@H](CN)C(=O)O)cc1OC.Cl. The number of halogens is 1. The van der Waals surface area contributed by atoms with E-state index in [4.69, 9.17) is 20.3 Å². The molecule has 0 saturated carbocycles. The summed E-state index contributed by atoms with van der Waals surface area (Å²) < 4.78 is 10.3. The monoisotopic (exact) mass is 275 g/mol. The number of aliphatic carboxylic acids is 1. The standard InChI is InChI=1S/C12H17NO4.ClH/c1-16-10-4-3-8(6-11(10)17-2)5-9(7-13)12(14)15;/h3-4,6,9H,5,7,13H2,1-2H3,(H,14,15);1H/t9-;/m1./s1. The molecular formula is C12H18ClNO4. The summed E-state index contributed by atoms with van der Waals surface area (Å²) in [6.45, 7) is 0.115. The van der Waals surface area contributed by atoms with E-state index >= 15 is 0 Å². The van der Waals surface area contributed by atoms with Crippen LogP contribution in [0.1, 0.15) is 5.56 Å². The van der Waals surface area contributed by atoms with Crippen LogP contribution < -0.4 is 15.2 Å². The zero-order valence-corrected chi connectivity index (χ0v) is 11.2. The Kier molecular flexibility index (Phi) is 7.16. The largest absolute Gasteiger partial charge is 0.493 e. The predicted octanol–water partition coefficient (Wildman–Crippen LogP) is 1.33. The lowest BCUT2D eigenvalue weighted by Crippen LogP contribution is -2.25. The van der Waals surface area contributed by atoms with Gasteiger partial charge in [-0.2, -0.15) is 0 Å². The highest BCUT2D eigenvalue weighted by Crippen LogP contribution is 2.28. The molecular weight excluding hydrogens is 258 g/mol. The van der Waals surface area contributed by atoms with Crippen molar-refractivity contribution >= 4 is 18.4 Å². The summed E-state index contributed by atoms with van der Waals surface area (Å²) >= 11 is 0. The summed E-state index contributed by atoms with van der Waals surface area (Å²) in [5.41, 5.74) is 6.27. The third kappa shape index (κ3) is 4.09. The highest BCUT2D eigenvalue weighted by Gasteiger charge is 2.16. The molecule has 0 unspecified atom stereocenters. The Hall–Kier alpha value is -1.46. The zero-order chi connectivity index (χ0) is 12.8. The Balaban J connectivity index is 0.00000289. The summed E-state index contributed by atoms with van der Waals surface area (Å²) in [6, 6.07) is 5.33. The van der Waals surface area contributed by atoms with Gasteiger partial charge in [-0.1, -0.05) is 6.07 Å². The molecule has 1 aromatic rings. The fourth-order valence-electron chi connectivity index (χ4n) is 1.56. The van der Waals surface area contributed by atoms with Gasteiger partial charge in [0.25, 0.3) is 0 Å². The smallest absolute Gasteiger partial charge is 0.308 e. The summed E-state index contributed by atoms with van der Waals surface area (Å²) in [7, 11) is 3.09. The molecule has 3 N–H and O–H groups in total. The maximum absolute atomic E-state index is 10.9. The molecule has 18 heavy (non-hydrogen) atoms. The third-order valence-electron chi connectivity index (χ3n) is 2.56. The zero-order valence-electron chi connectivity index (χ0n) is 10.4. The number of benzene rings is 1. The summed E-state index contributed by atoms with van der Waals surface area (Å²) in [6.07, 6.45) is 0.381. The van der Waals surface area contributed by atoms with Crippen molar-refractivity contribution in [3.63, 3.8) is 0 Å². The molecule has 0 fully saturated rings. The average Bonchev–Trinajstić information content (AvgIpc) is 2.35. The minimum absolute atomic E-state index is 0. The molecule has 0 aliphatic rings. The van der Waals surface area contributed by atoms with Gasteiger partial charge in [0.1, 0.15) is 0 Å². The number of carboxylic acids is 1. The van der Waals surface area contributed by atoms with Crippen molar-refractivity contribution in [1.82, 2.24) is 0 Å². The predicted molar refractivity (Wildman–Crippen MR) is 70.7 cm³/mol. The van der Waals surface area contributed by atoms with Gasteiger partial charge >= 0.3 is 5.97 Å². The molecule has 0 saturated heterocycles. The number of rotatable bonds is 6. The third-order valence-corrected chi connectivity index (χ3v) is 2.56. The number of hydrogen-bond donors (Lipinski definition) is 2. The summed E-state index contributed by atoms with van der Waals surface area (Å²) in [4.78, 5) is 10.9. The van der Waals surface area contributed by atoms with Crippen LogP contribution in [0.25, 0.3) is 0 Å². The maximum atomic E-state index is 10.9. The highest BCUT2D eigenvalue weighted by atomic mass is 35.5. The second-order valence-corrected chi connectivity index (χ2v) is 3.66. The van der Waals surface area contributed by atoms with Gasteiger partial charge in [0.2, 0.25) is 0 Å². The van der Waals surface area contributed by atoms with E-state index in [-0.39, 0.29) is 19.0 Å². The first-order valence-electron chi connectivity index (χ1n) is 5.26. The van der Waals surface area contributed by atoms with Crippen molar-refractivity contribution in [3.05, 3.63) is 23.8 Å². The lowest BCUT2D eigenvalue weighted by Gasteiger charge is -2.12. The fourth-order valence-corrected chi connectivity index (χ4v) is 1.56. The molecule has 0 bridgehead atoms. The van der Waals surface area contributed by atoms with E-state index in [0.29, 0.717) is 17.9 Å². The van der Waals surface area contributed by atoms with Crippen LogP contribution in [0.4, 0.5) is 0 Å². The normalized spacial score (nSPS) is 11.3. The molecule has 0 heterocycles. The maximum Gasteiger partial charge on any atom is 0.308 e. The Morgan fingerprint density at radius 1 is 1.33 bits per heavy atom. The van der Waals surface area contributed by atoms with Gasteiger partial charge in [-0.25, -0.2) is 0 Å². The number of methoxy groups -OCH3 is 2. The highest BCUT2D eigenvalue weighted by molar-refractivity contribution is 5.85. The van der Waals surface area contributed by atoms with Crippen LogP contribution in [0.2, 0.25) is 0 Å². The van der Waals surface area contributed by atoms with Crippen LogP contribution in [0, 0.1) is 5.92 Å². The van der Waals surface area contributed by atoms with E-state index in [2.05, 4.69) is 0 Å². The molecule has 0 aromatic heterocycles. The van der Waals surface area contributed by atoms with Gasteiger partial charge in [-0.15, -0.1) is 12.4 Å². The van der Waals surface area contributed by atoms with Crippen LogP contribution in [0.3, 0.4) is 0 Å². The van der Waals surface area contributed by atoms with E-state index in [9.17, 15) is 4.79 Å². The van der Waals surface area contributed by atoms with Crippen LogP contribution >= 0.6 is 12.4 Å². The molecule has 6 heteroatoms. The van der Waals surface area contributed by atoms with Crippen molar-refractivity contribution in [2.75, 3.05) is 20.8 Å². The van der Waals surface area contributed by atoms with Crippen molar-refractivity contribution in [2.24, 2.45) is 11.7 Å². The molecule has 0 aliphatic carbocycles. The Morgan fingerprint density at radius 3 is 2.39 bits per heavy atom. The summed E-state index contributed by atoms with van der Waals surface area (Å²) in [5.74, 6) is -0.252.